The van der Waals surface area contributed by atoms with Gasteiger partial charge in [0.25, 0.3) is 0 Å². The summed E-state index contributed by atoms with van der Waals surface area (Å²) in [7, 11) is 0. The topological polar surface area (TPSA) is 54.5 Å². The molecule has 0 aliphatic carbocycles. The SMILES string of the molecule is N#Cc1cncc(-c2cccc(-c3ccc4c(c3)c3c5ccccc5ccc3n4-c3ccccc3)n2)c1. The molecule has 0 aliphatic rings. The molecule has 172 valence electrons. The van der Waals surface area contributed by atoms with Crippen LogP contribution in [0.25, 0.3) is 60.8 Å². The van der Waals surface area contributed by atoms with E-state index >= 15 is 0 Å². The molecule has 0 bridgehead atoms. The molecule has 7 rings (SSSR count). The minimum atomic E-state index is 0.520. The number of para-hydroxylation sites is 1. The molecule has 0 radical (unpaired) electrons. The summed E-state index contributed by atoms with van der Waals surface area (Å²) < 4.78 is 2.34. The Morgan fingerprint density at radius 2 is 1.41 bits per heavy atom. The predicted molar refractivity (Wildman–Crippen MR) is 149 cm³/mol. The predicted octanol–water partition coefficient (Wildman–Crippen LogP) is 7.93. The lowest BCUT2D eigenvalue weighted by molar-refractivity contribution is 1.18. The molecule has 37 heavy (non-hydrogen) atoms. The normalized spacial score (nSPS) is 11.2. The quantitative estimate of drug-likeness (QED) is 0.262. The standard InChI is InChI=1S/C33H20N4/c34-19-22-17-25(21-35-20-22)30-12-6-11-29(36-30)24-14-15-31-28(18-24)33-27-10-5-4-7-23(27)13-16-32(33)37(31)26-8-2-1-3-9-26/h1-18,20-21H. The maximum absolute atomic E-state index is 9.28. The molecule has 0 saturated heterocycles. The van der Waals surface area contributed by atoms with Crippen LogP contribution in [0.5, 0.6) is 0 Å². The summed E-state index contributed by atoms with van der Waals surface area (Å²) in [6.45, 7) is 0. The van der Waals surface area contributed by atoms with Crippen molar-refractivity contribution < 1.29 is 0 Å². The summed E-state index contributed by atoms with van der Waals surface area (Å²) in [5.41, 5.74) is 7.53. The van der Waals surface area contributed by atoms with Crippen LogP contribution in [0.15, 0.2) is 122 Å². The van der Waals surface area contributed by atoms with E-state index in [9.17, 15) is 5.26 Å². The molecule has 4 aromatic carbocycles. The zero-order valence-electron chi connectivity index (χ0n) is 19.8. The van der Waals surface area contributed by atoms with Crippen LogP contribution in [0, 0.1) is 11.3 Å². The lowest BCUT2D eigenvalue weighted by Crippen LogP contribution is -1.93. The van der Waals surface area contributed by atoms with Crippen molar-refractivity contribution in [2.75, 3.05) is 0 Å². The number of nitriles is 1. The molecule has 0 N–H and O–H groups in total. The minimum Gasteiger partial charge on any atom is -0.309 e. The third kappa shape index (κ3) is 3.45. The van der Waals surface area contributed by atoms with Gasteiger partial charge in [0.05, 0.1) is 28.0 Å². The number of nitrogens with zero attached hydrogens (tertiary/aromatic N) is 4. The molecule has 4 nitrogen and oxygen atoms in total. The van der Waals surface area contributed by atoms with Gasteiger partial charge in [0.1, 0.15) is 6.07 Å². The van der Waals surface area contributed by atoms with Gasteiger partial charge in [-0.05, 0) is 59.3 Å². The number of hydrogen-bond acceptors (Lipinski definition) is 3. The maximum Gasteiger partial charge on any atom is 0.101 e. The van der Waals surface area contributed by atoms with Crippen LogP contribution in [-0.2, 0) is 0 Å². The first-order valence-corrected chi connectivity index (χ1v) is 12.1. The number of rotatable bonds is 3. The van der Waals surface area contributed by atoms with Gasteiger partial charge >= 0.3 is 0 Å². The van der Waals surface area contributed by atoms with E-state index in [-0.39, 0.29) is 0 Å². The van der Waals surface area contributed by atoms with Crippen LogP contribution in [0.4, 0.5) is 0 Å². The Morgan fingerprint density at radius 1 is 0.622 bits per heavy atom. The first kappa shape index (κ1) is 21.0. The molecule has 0 saturated carbocycles. The third-order valence-electron chi connectivity index (χ3n) is 6.88. The first-order chi connectivity index (χ1) is 18.3. The van der Waals surface area contributed by atoms with E-state index in [1.807, 2.05) is 30.3 Å². The fourth-order valence-corrected chi connectivity index (χ4v) is 5.20. The summed E-state index contributed by atoms with van der Waals surface area (Å²) in [6.07, 6.45) is 3.31. The summed E-state index contributed by atoms with van der Waals surface area (Å²) in [4.78, 5) is 9.15. The number of benzene rings is 4. The van der Waals surface area contributed by atoms with E-state index in [0.717, 1.165) is 33.7 Å². The second-order valence-corrected chi connectivity index (χ2v) is 9.07. The van der Waals surface area contributed by atoms with Crippen molar-refractivity contribution >= 4 is 32.6 Å². The third-order valence-corrected chi connectivity index (χ3v) is 6.88. The Kier molecular flexibility index (Phi) is 4.80. The van der Waals surface area contributed by atoms with E-state index in [1.165, 1.54) is 27.1 Å². The second-order valence-electron chi connectivity index (χ2n) is 9.07. The van der Waals surface area contributed by atoms with Crippen LogP contribution < -0.4 is 0 Å². The zero-order chi connectivity index (χ0) is 24.8. The number of pyridine rings is 2. The molecular weight excluding hydrogens is 452 g/mol. The Bertz CT molecular complexity index is 2000. The van der Waals surface area contributed by atoms with Crippen LogP contribution >= 0.6 is 0 Å². The van der Waals surface area contributed by atoms with Crippen LogP contribution in [0.2, 0.25) is 0 Å². The van der Waals surface area contributed by atoms with Crippen molar-refractivity contribution in [1.29, 1.82) is 5.26 Å². The summed E-state index contributed by atoms with van der Waals surface area (Å²) in [5, 5.41) is 14.2. The largest absolute Gasteiger partial charge is 0.309 e. The molecule has 0 spiro atoms. The van der Waals surface area contributed by atoms with Crippen molar-refractivity contribution in [1.82, 2.24) is 14.5 Å². The fraction of sp³-hybridized carbons (Fsp3) is 0. The van der Waals surface area contributed by atoms with Crippen molar-refractivity contribution in [2.24, 2.45) is 0 Å². The van der Waals surface area contributed by atoms with Gasteiger partial charge in [-0.1, -0.05) is 60.7 Å². The highest BCUT2D eigenvalue weighted by atomic mass is 15.0. The van der Waals surface area contributed by atoms with Crippen molar-refractivity contribution in [2.45, 2.75) is 0 Å². The lowest BCUT2D eigenvalue weighted by atomic mass is 10.0. The average Bonchev–Trinajstić information content (AvgIpc) is 3.32. The number of fused-ring (bicyclic) bond motifs is 5. The molecular formula is C33H20N4. The summed E-state index contributed by atoms with van der Waals surface area (Å²) in [6, 6.07) is 40.0. The number of aromatic nitrogens is 3. The highest BCUT2D eigenvalue weighted by Gasteiger charge is 2.16. The highest BCUT2D eigenvalue weighted by Crippen LogP contribution is 2.38. The van der Waals surface area contributed by atoms with Gasteiger partial charge in [-0.3, -0.25) is 4.98 Å². The minimum absolute atomic E-state index is 0.520. The van der Waals surface area contributed by atoms with Crippen LogP contribution in [-0.4, -0.2) is 14.5 Å². The van der Waals surface area contributed by atoms with E-state index < -0.39 is 0 Å². The van der Waals surface area contributed by atoms with Gasteiger partial charge in [-0.25, -0.2) is 4.98 Å². The Hall–Kier alpha value is -5.27. The Labute approximate surface area is 213 Å². The molecule has 0 amide bonds. The fourth-order valence-electron chi connectivity index (χ4n) is 5.20. The first-order valence-electron chi connectivity index (χ1n) is 12.1. The van der Waals surface area contributed by atoms with Crippen molar-refractivity contribution in [3.63, 3.8) is 0 Å². The van der Waals surface area contributed by atoms with Gasteiger partial charge in [-0.2, -0.15) is 5.26 Å². The lowest BCUT2D eigenvalue weighted by Gasteiger charge is -2.08. The van der Waals surface area contributed by atoms with E-state index in [2.05, 4.69) is 94.5 Å². The van der Waals surface area contributed by atoms with Gasteiger partial charge in [0.15, 0.2) is 0 Å². The van der Waals surface area contributed by atoms with Gasteiger partial charge in [0, 0.05) is 40.0 Å². The smallest absolute Gasteiger partial charge is 0.101 e. The molecule has 0 aliphatic heterocycles. The molecule has 0 unspecified atom stereocenters. The van der Waals surface area contributed by atoms with Crippen molar-refractivity contribution in [3.05, 3.63) is 127 Å². The van der Waals surface area contributed by atoms with E-state index in [1.54, 1.807) is 12.4 Å². The van der Waals surface area contributed by atoms with Crippen LogP contribution in [0.3, 0.4) is 0 Å². The molecule has 0 fully saturated rings. The maximum atomic E-state index is 9.28. The average molecular weight is 473 g/mol. The van der Waals surface area contributed by atoms with E-state index in [4.69, 9.17) is 4.98 Å². The molecule has 3 aromatic heterocycles. The monoisotopic (exact) mass is 472 g/mol. The van der Waals surface area contributed by atoms with Crippen molar-refractivity contribution in [3.8, 4) is 34.3 Å². The number of hydrogen-bond donors (Lipinski definition) is 0. The highest BCUT2D eigenvalue weighted by molar-refractivity contribution is 6.21. The molecule has 3 heterocycles. The summed E-state index contributed by atoms with van der Waals surface area (Å²) >= 11 is 0. The molecule has 7 aromatic rings. The summed E-state index contributed by atoms with van der Waals surface area (Å²) in [5.74, 6) is 0. The molecule has 0 atom stereocenters. The Morgan fingerprint density at radius 3 is 2.27 bits per heavy atom. The zero-order valence-corrected chi connectivity index (χ0v) is 19.8. The van der Waals surface area contributed by atoms with Gasteiger partial charge in [0.2, 0.25) is 0 Å². The van der Waals surface area contributed by atoms with Crippen LogP contribution in [0.1, 0.15) is 5.56 Å². The second kappa shape index (κ2) is 8.44. The Balaban J connectivity index is 1.49. The van der Waals surface area contributed by atoms with E-state index in [0.29, 0.717) is 5.56 Å². The van der Waals surface area contributed by atoms with Gasteiger partial charge < -0.3 is 4.57 Å². The molecule has 4 heteroatoms. The van der Waals surface area contributed by atoms with Gasteiger partial charge in [-0.15, -0.1) is 0 Å².